The van der Waals surface area contributed by atoms with Gasteiger partial charge in [-0.05, 0) is 31.0 Å². The van der Waals surface area contributed by atoms with Crippen LogP contribution in [-0.2, 0) is 20.8 Å². The molecule has 1 heterocycles. The maximum Gasteiger partial charge on any atom is 0.232 e. The third kappa shape index (κ3) is 4.89. The molecule has 0 unspecified atom stereocenters. The van der Waals surface area contributed by atoms with Crippen molar-refractivity contribution in [2.75, 3.05) is 13.2 Å². The Kier molecular flexibility index (Phi) is 6.09. The van der Waals surface area contributed by atoms with Gasteiger partial charge < -0.3 is 14.6 Å². The van der Waals surface area contributed by atoms with Gasteiger partial charge in [0.25, 0.3) is 0 Å². The quantitative estimate of drug-likeness (QED) is 0.726. The van der Waals surface area contributed by atoms with E-state index in [1.165, 1.54) is 0 Å². The third-order valence-corrected chi connectivity index (χ3v) is 3.99. The van der Waals surface area contributed by atoms with E-state index in [9.17, 15) is 19.5 Å². The van der Waals surface area contributed by atoms with Gasteiger partial charge in [-0.3, -0.25) is 14.5 Å². The number of amides is 2. The summed E-state index contributed by atoms with van der Waals surface area (Å²) >= 11 is 0. The molecule has 0 bridgehead atoms. The first-order valence-electron chi connectivity index (χ1n) is 8.10. The van der Waals surface area contributed by atoms with Gasteiger partial charge >= 0.3 is 0 Å². The van der Waals surface area contributed by atoms with E-state index in [4.69, 9.17) is 4.74 Å². The van der Waals surface area contributed by atoms with E-state index in [1.54, 1.807) is 26.0 Å². The molecule has 6 nitrogen and oxygen atoms in total. The Balaban J connectivity index is 1.79. The molecule has 1 aliphatic rings. The average Bonchev–Trinajstić information content (AvgIpc) is 2.78. The second kappa shape index (κ2) is 8.06. The fraction of sp³-hybridized carbons (Fsp3) is 0.500. The normalized spacial score (nSPS) is 18.8. The summed E-state index contributed by atoms with van der Waals surface area (Å²) < 4.78 is 5.49. The summed E-state index contributed by atoms with van der Waals surface area (Å²) in [6, 6.07) is 7.30. The summed E-state index contributed by atoms with van der Waals surface area (Å²) in [7, 11) is 0. The van der Waals surface area contributed by atoms with Crippen LogP contribution < -0.4 is 4.74 Å². The fourth-order valence-corrected chi connectivity index (χ4v) is 2.57. The number of aryl methyl sites for hydroxylation is 1. The zero-order chi connectivity index (χ0) is 17.7. The zero-order valence-electron chi connectivity index (χ0n) is 14.0. The van der Waals surface area contributed by atoms with E-state index in [0.29, 0.717) is 18.6 Å². The lowest BCUT2D eigenvalue weighted by Gasteiger charge is -2.19. The molecule has 130 valence electrons. The fourth-order valence-electron chi connectivity index (χ4n) is 2.57. The Morgan fingerprint density at radius 1 is 1.33 bits per heavy atom. The lowest BCUT2D eigenvalue weighted by molar-refractivity contribution is -0.141. The lowest BCUT2D eigenvalue weighted by Crippen LogP contribution is -2.39. The maximum absolute atomic E-state index is 11.8. The third-order valence-electron chi connectivity index (χ3n) is 3.99. The molecule has 1 aliphatic heterocycles. The Bertz CT molecular complexity index is 610. The van der Waals surface area contributed by atoms with Gasteiger partial charge in [0.05, 0.1) is 6.54 Å². The lowest BCUT2D eigenvalue weighted by atomic mass is 10.1. The number of rotatable bonds is 8. The largest absolute Gasteiger partial charge is 0.491 e. The van der Waals surface area contributed by atoms with Crippen LogP contribution in [0.2, 0.25) is 0 Å². The van der Waals surface area contributed by atoms with Crippen LogP contribution >= 0.6 is 0 Å². The number of ether oxygens (including phenoxy) is 1. The van der Waals surface area contributed by atoms with E-state index in [0.717, 1.165) is 10.5 Å². The van der Waals surface area contributed by atoms with Crippen molar-refractivity contribution in [3.63, 3.8) is 0 Å². The van der Waals surface area contributed by atoms with Crippen LogP contribution in [0.5, 0.6) is 5.75 Å². The van der Waals surface area contributed by atoms with Gasteiger partial charge in [0.1, 0.15) is 24.2 Å². The van der Waals surface area contributed by atoms with Crippen LogP contribution in [0.1, 0.15) is 32.3 Å². The second-order valence-corrected chi connectivity index (χ2v) is 6.26. The van der Waals surface area contributed by atoms with E-state index in [2.05, 4.69) is 0 Å². The SMILES string of the molecule is CC(=O)CCc1ccc(OC[C@@H](O)CN2C(=O)C[C@H](C)C2=O)cc1. The highest BCUT2D eigenvalue weighted by molar-refractivity contribution is 6.03. The molecule has 2 rings (SSSR count). The number of β-amino-alcohol motifs (C(OH)–C–C–N with tert-alkyl or cyclic N) is 1. The van der Waals surface area contributed by atoms with Crippen LogP contribution in [-0.4, -0.2) is 46.9 Å². The van der Waals surface area contributed by atoms with Gasteiger partial charge in [-0.1, -0.05) is 19.1 Å². The average molecular weight is 333 g/mol. The van der Waals surface area contributed by atoms with E-state index in [-0.39, 0.29) is 43.1 Å². The molecule has 6 heteroatoms. The van der Waals surface area contributed by atoms with Crippen molar-refractivity contribution in [1.82, 2.24) is 4.90 Å². The summed E-state index contributed by atoms with van der Waals surface area (Å²) in [4.78, 5) is 35.5. The van der Waals surface area contributed by atoms with Crippen molar-refractivity contribution >= 4 is 17.6 Å². The van der Waals surface area contributed by atoms with Crippen molar-refractivity contribution in [2.24, 2.45) is 5.92 Å². The van der Waals surface area contributed by atoms with Gasteiger partial charge in [-0.25, -0.2) is 0 Å². The Morgan fingerprint density at radius 2 is 2.00 bits per heavy atom. The first kappa shape index (κ1) is 18.1. The van der Waals surface area contributed by atoms with E-state index in [1.807, 2.05) is 12.1 Å². The molecule has 24 heavy (non-hydrogen) atoms. The number of carbonyl (C=O) groups is 3. The highest BCUT2D eigenvalue weighted by Crippen LogP contribution is 2.19. The minimum Gasteiger partial charge on any atom is -0.491 e. The smallest absolute Gasteiger partial charge is 0.232 e. The van der Waals surface area contributed by atoms with Crippen molar-refractivity contribution in [2.45, 2.75) is 39.2 Å². The van der Waals surface area contributed by atoms with Crippen LogP contribution in [0.25, 0.3) is 0 Å². The molecule has 0 saturated carbocycles. The highest BCUT2D eigenvalue weighted by atomic mass is 16.5. The summed E-state index contributed by atoms with van der Waals surface area (Å²) in [5.41, 5.74) is 1.04. The predicted molar refractivity (Wildman–Crippen MR) is 87.4 cm³/mol. The van der Waals surface area contributed by atoms with Crippen molar-refractivity contribution in [1.29, 1.82) is 0 Å². The first-order valence-corrected chi connectivity index (χ1v) is 8.10. The Morgan fingerprint density at radius 3 is 2.54 bits per heavy atom. The number of aliphatic hydroxyl groups is 1. The number of aliphatic hydroxyl groups excluding tert-OH is 1. The molecule has 2 atom stereocenters. The molecule has 0 radical (unpaired) electrons. The number of carbonyl (C=O) groups excluding carboxylic acids is 3. The summed E-state index contributed by atoms with van der Waals surface area (Å²) in [6.07, 6.45) is 0.472. The molecule has 1 fully saturated rings. The molecule has 1 aromatic rings. The summed E-state index contributed by atoms with van der Waals surface area (Å²) in [5.74, 6) is -0.0599. The Hall–Kier alpha value is -2.21. The number of ketones is 1. The standard InChI is InChI=1S/C18H23NO5/c1-12-9-17(22)19(18(12)23)10-15(21)11-24-16-7-5-14(6-8-16)4-3-13(2)20/h5-8,12,15,21H,3-4,9-11H2,1-2H3/t12-,15-/m0/s1. The minimum absolute atomic E-state index is 0.00175. The molecule has 1 saturated heterocycles. The van der Waals surface area contributed by atoms with Crippen molar-refractivity contribution in [3.8, 4) is 5.75 Å². The van der Waals surface area contributed by atoms with Gasteiger partial charge in [0, 0.05) is 18.8 Å². The first-order chi connectivity index (χ1) is 11.4. The van der Waals surface area contributed by atoms with Crippen LogP contribution in [0, 0.1) is 5.92 Å². The molecule has 1 aromatic carbocycles. The van der Waals surface area contributed by atoms with E-state index >= 15 is 0 Å². The molecular formula is C18H23NO5. The van der Waals surface area contributed by atoms with Crippen LogP contribution in [0.3, 0.4) is 0 Å². The molecule has 0 aromatic heterocycles. The Labute approximate surface area is 141 Å². The number of nitrogens with zero attached hydrogens (tertiary/aromatic N) is 1. The zero-order valence-corrected chi connectivity index (χ0v) is 14.0. The van der Waals surface area contributed by atoms with Crippen LogP contribution in [0.15, 0.2) is 24.3 Å². The number of benzene rings is 1. The predicted octanol–water partition coefficient (Wildman–Crippen LogP) is 1.34. The van der Waals surface area contributed by atoms with Gasteiger partial charge in [-0.15, -0.1) is 0 Å². The van der Waals surface area contributed by atoms with Crippen molar-refractivity contribution in [3.05, 3.63) is 29.8 Å². The van der Waals surface area contributed by atoms with Crippen molar-refractivity contribution < 1.29 is 24.2 Å². The van der Waals surface area contributed by atoms with Gasteiger partial charge in [-0.2, -0.15) is 0 Å². The molecule has 2 amide bonds. The molecule has 0 spiro atoms. The number of hydrogen-bond acceptors (Lipinski definition) is 5. The summed E-state index contributed by atoms with van der Waals surface area (Å²) in [6.45, 7) is 3.23. The molecular weight excluding hydrogens is 310 g/mol. The second-order valence-electron chi connectivity index (χ2n) is 6.26. The van der Waals surface area contributed by atoms with Gasteiger partial charge in [0.2, 0.25) is 11.8 Å². The number of hydrogen-bond donors (Lipinski definition) is 1. The maximum atomic E-state index is 11.8. The molecule has 1 N–H and O–H groups in total. The van der Waals surface area contributed by atoms with Gasteiger partial charge in [0.15, 0.2) is 0 Å². The number of Topliss-reactive ketones (excluding diaryl/α,β-unsaturated/α-hetero) is 1. The summed E-state index contributed by atoms with van der Waals surface area (Å²) in [5, 5.41) is 9.98. The monoisotopic (exact) mass is 333 g/mol. The highest BCUT2D eigenvalue weighted by Gasteiger charge is 2.36. The van der Waals surface area contributed by atoms with Crippen LogP contribution in [0.4, 0.5) is 0 Å². The topological polar surface area (TPSA) is 83.9 Å². The number of imide groups is 1. The molecule has 0 aliphatic carbocycles. The number of likely N-dealkylation sites (tertiary alicyclic amines) is 1. The van der Waals surface area contributed by atoms with E-state index < -0.39 is 6.10 Å². The minimum atomic E-state index is -0.930.